The Kier molecular flexibility index (Phi) is 5.10. The number of aliphatic hydroxyl groups is 1. The molecule has 0 aromatic carbocycles. The summed E-state index contributed by atoms with van der Waals surface area (Å²) in [6, 6.07) is 0. The predicted octanol–water partition coefficient (Wildman–Crippen LogP) is 4.41. The normalized spacial score (nSPS) is 38.1. The van der Waals surface area contributed by atoms with Crippen LogP contribution in [0, 0.1) is 17.3 Å². The summed E-state index contributed by atoms with van der Waals surface area (Å²) in [5.41, 5.74) is 0.844. The monoisotopic (exact) mass is 320 g/mol. The van der Waals surface area contributed by atoms with Gasteiger partial charge in [-0.05, 0) is 51.0 Å². The van der Waals surface area contributed by atoms with Crippen LogP contribution in [0.2, 0.25) is 0 Å². The van der Waals surface area contributed by atoms with Crippen LogP contribution in [-0.4, -0.2) is 22.8 Å². The van der Waals surface area contributed by atoms with E-state index in [2.05, 4.69) is 13.8 Å². The van der Waals surface area contributed by atoms with Gasteiger partial charge in [0.2, 0.25) is 0 Å². The molecular formula is C20H32O3. The first-order valence-corrected chi connectivity index (χ1v) is 8.93. The molecule has 0 heterocycles. The van der Waals surface area contributed by atoms with Gasteiger partial charge in [0.05, 0.1) is 0 Å². The molecule has 1 N–H and O–H groups in total. The van der Waals surface area contributed by atoms with Gasteiger partial charge < -0.3 is 9.84 Å². The standard InChI is InChI=1S/C20H32O3/c1-7-14(4)18(21)23-17-12-15(5)19(6)11-9-8-10-16(19)20(17,22)13(2)3/h7,12-13,16-17,22H,8-11H2,1-6H3. The van der Waals surface area contributed by atoms with E-state index in [0.717, 1.165) is 19.3 Å². The molecule has 2 aliphatic rings. The number of hydrogen-bond donors (Lipinski definition) is 1. The van der Waals surface area contributed by atoms with E-state index in [4.69, 9.17) is 4.74 Å². The molecule has 0 aromatic rings. The Hall–Kier alpha value is -1.09. The minimum absolute atomic E-state index is 0.00974. The van der Waals surface area contributed by atoms with E-state index in [1.807, 2.05) is 26.8 Å². The fourth-order valence-corrected chi connectivity index (χ4v) is 4.48. The van der Waals surface area contributed by atoms with E-state index in [1.54, 1.807) is 13.0 Å². The van der Waals surface area contributed by atoms with Crippen molar-refractivity contribution in [1.29, 1.82) is 0 Å². The number of esters is 1. The Bertz CT molecular complexity index is 531. The quantitative estimate of drug-likeness (QED) is 0.476. The number of fused-ring (bicyclic) bond motifs is 1. The van der Waals surface area contributed by atoms with E-state index < -0.39 is 11.7 Å². The van der Waals surface area contributed by atoms with Crippen LogP contribution in [0.5, 0.6) is 0 Å². The van der Waals surface area contributed by atoms with Gasteiger partial charge in [0, 0.05) is 11.5 Å². The predicted molar refractivity (Wildman–Crippen MR) is 92.9 cm³/mol. The Morgan fingerprint density at radius 1 is 1.43 bits per heavy atom. The Labute approximate surface area is 140 Å². The Balaban J connectivity index is 2.45. The molecule has 2 rings (SSSR count). The Morgan fingerprint density at radius 2 is 2.09 bits per heavy atom. The maximum absolute atomic E-state index is 12.3. The van der Waals surface area contributed by atoms with Crippen molar-refractivity contribution in [2.75, 3.05) is 0 Å². The number of allylic oxidation sites excluding steroid dienone is 2. The molecular weight excluding hydrogens is 288 g/mol. The summed E-state index contributed by atoms with van der Waals surface area (Å²) in [5, 5.41) is 11.6. The molecule has 0 spiro atoms. The third kappa shape index (κ3) is 2.88. The van der Waals surface area contributed by atoms with E-state index in [-0.39, 0.29) is 23.2 Å². The van der Waals surface area contributed by atoms with Crippen molar-refractivity contribution >= 4 is 5.97 Å². The summed E-state index contributed by atoms with van der Waals surface area (Å²) in [6.45, 7) is 12.0. The molecule has 0 aromatic heterocycles. The summed E-state index contributed by atoms with van der Waals surface area (Å²) in [4.78, 5) is 12.3. The molecule has 0 aliphatic heterocycles. The molecule has 3 heteroatoms. The lowest BCUT2D eigenvalue weighted by atomic mass is 9.52. The van der Waals surface area contributed by atoms with Crippen molar-refractivity contribution in [3.63, 3.8) is 0 Å². The smallest absolute Gasteiger partial charge is 0.334 e. The number of rotatable bonds is 3. The van der Waals surface area contributed by atoms with Crippen molar-refractivity contribution in [2.24, 2.45) is 17.3 Å². The molecule has 3 nitrogen and oxygen atoms in total. The number of carbonyl (C=O) groups is 1. The maximum Gasteiger partial charge on any atom is 0.334 e. The largest absolute Gasteiger partial charge is 0.452 e. The number of ether oxygens (including phenoxy) is 1. The van der Waals surface area contributed by atoms with E-state index >= 15 is 0 Å². The van der Waals surface area contributed by atoms with Gasteiger partial charge in [-0.2, -0.15) is 0 Å². The molecule has 23 heavy (non-hydrogen) atoms. The summed E-state index contributed by atoms with van der Waals surface area (Å²) < 4.78 is 5.75. The SMILES string of the molecule is CC=C(C)C(=O)OC1C=C(C)C2(C)CCCCC2C1(O)C(C)C. The highest BCUT2D eigenvalue weighted by Crippen LogP contribution is 2.57. The third-order valence-corrected chi connectivity index (χ3v) is 6.44. The highest BCUT2D eigenvalue weighted by atomic mass is 16.6. The minimum atomic E-state index is -1.00. The van der Waals surface area contributed by atoms with Crippen LogP contribution in [0.25, 0.3) is 0 Å². The molecule has 0 radical (unpaired) electrons. The second-order valence-electron chi connectivity index (χ2n) is 7.91. The van der Waals surface area contributed by atoms with Crippen LogP contribution >= 0.6 is 0 Å². The average molecular weight is 320 g/mol. The Morgan fingerprint density at radius 3 is 2.65 bits per heavy atom. The first-order valence-electron chi connectivity index (χ1n) is 8.93. The zero-order valence-electron chi connectivity index (χ0n) is 15.5. The average Bonchev–Trinajstić information content (AvgIpc) is 2.51. The second kappa shape index (κ2) is 6.43. The van der Waals surface area contributed by atoms with Gasteiger partial charge >= 0.3 is 5.97 Å². The fraction of sp³-hybridized carbons (Fsp3) is 0.750. The van der Waals surface area contributed by atoms with Crippen molar-refractivity contribution in [3.8, 4) is 0 Å². The molecule has 1 fully saturated rings. The lowest BCUT2D eigenvalue weighted by Gasteiger charge is -2.57. The van der Waals surface area contributed by atoms with E-state index in [0.29, 0.717) is 5.57 Å². The molecule has 0 saturated heterocycles. The topological polar surface area (TPSA) is 46.5 Å². The van der Waals surface area contributed by atoms with Crippen molar-refractivity contribution in [2.45, 2.75) is 78.9 Å². The van der Waals surface area contributed by atoms with E-state index in [1.165, 1.54) is 12.0 Å². The molecule has 4 atom stereocenters. The number of carbonyl (C=O) groups excluding carboxylic acids is 1. The first-order chi connectivity index (χ1) is 10.7. The van der Waals surface area contributed by atoms with Crippen LogP contribution in [0.15, 0.2) is 23.3 Å². The van der Waals surface area contributed by atoms with Crippen molar-refractivity contribution in [1.82, 2.24) is 0 Å². The van der Waals surface area contributed by atoms with E-state index in [9.17, 15) is 9.90 Å². The van der Waals surface area contributed by atoms with Gasteiger partial charge in [-0.15, -0.1) is 0 Å². The second-order valence-corrected chi connectivity index (χ2v) is 7.91. The highest BCUT2D eigenvalue weighted by Gasteiger charge is 2.58. The minimum Gasteiger partial charge on any atom is -0.452 e. The summed E-state index contributed by atoms with van der Waals surface area (Å²) in [7, 11) is 0. The zero-order chi connectivity index (χ0) is 17.4. The number of hydrogen-bond acceptors (Lipinski definition) is 3. The van der Waals surface area contributed by atoms with Crippen LogP contribution in [0.3, 0.4) is 0 Å². The lowest BCUT2D eigenvalue weighted by Crippen LogP contribution is -2.62. The molecule has 4 unspecified atom stereocenters. The fourth-order valence-electron chi connectivity index (χ4n) is 4.48. The maximum atomic E-state index is 12.3. The molecule has 0 amide bonds. The van der Waals surface area contributed by atoms with Crippen molar-refractivity contribution in [3.05, 3.63) is 23.3 Å². The molecule has 2 aliphatic carbocycles. The molecule has 0 bridgehead atoms. The van der Waals surface area contributed by atoms with Crippen LogP contribution in [-0.2, 0) is 9.53 Å². The highest BCUT2D eigenvalue weighted by molar-refractivity contribution is 5.87. The van der Waals surface area contributed by atoms with Gasteiger partial charge in [0.25, 0.3) is 0 Å². The van der Waals surface area contributed by atoms with Gasteiger partial charge in [-0.25, -0.2) is 4.79 Å². The lowest BCUT2D eigenvalue weighted by molar-refractivity contribution is -0.192. The van der Waals surface area contributed by atoms with Crippen molar-refractivity contribution < 1.29 is 14.6 Å². The van der Waals surface area contributed by atoms with Crippen LogP contribution in [0.4, 0.5) is 0 Å². The summed E-state index contributed by atoms with van der Waals surface area (Å²) in [5.74, 6) is -0.171. The van der Waals surface area contributed by atoms with Gasteiger partial charge in [0.15, 0.2) is 0 Å². The third-order valence-electron chi connectivity index (χ3n) is 6.44. The first kappa shape index (κ1) is 18.3. The van der Waals surface area contributed by atoms with Crippen LogP contribution in [0.1, 0.15) is 67.2 Å². The van der Waals surface area contributed by atoms with Gasteiger partial charge in [-0.3, -0.25) is 0 Å². The van der Waals surface area contributed by atoms with Gasteiger partial charge in [0.1, 0.15) is 11.7 Å². The molecule has 130 valence electrons. The molecule has 1 saturated carbocycles. The summed E-state index contributed by atoms with van der Waals surface area (Å²) >= 11 is 0. The zero-order valence-corrected chi connectivity index (χ0v) is 15.5. The van der Waals surface area contributed by atoms with Gasteiger partial charge in [-0.1, -0.05) is 45.3 Å². The summed E-state index contributed by atoms with van der Waals surface area (Å²) in [6.07, 6.45) is 7.62. The van der Waals surface area contributed by atoms with Crippen LogP contribution < -0.4 is 0 Å².